The smallest absolute Gasteiger partial charge is 0.480 e. The van der Waals surface area contributed by atoms with Gasteiger partial charge in [0.25, 0.3) is 0 Å². The summed E-state index contributed by atoms with van der Waals surface area (Å²) >= 11 is -3.76. The van der Waals surface area contributed by atoms with Crippen LogP contribution in [-0.2, 0) is 19.2 Å². The quantitative estimate of drug-likeness (QED) is 0.170. The summed E-state index contributed by atoms with van der Waals surface area (Å²) in [6.45, 7) is -1.11. The van der Waals surface area contributed by atoms with Crippen molar-refractivity contribution in [3.05, 3.63) is 0 Å². The lowest BCUT2D eigenvalue weighted by Crippen LogP contribution is -3.98. The van der Waals surface area contributed by atoms with Crippen molar-refractivity contribution in [2.24, 2.45) is 22.9 Å². The van der Waals surface area contributed by atoms with Crippen molar-refractivity contribution >= 4 is 23.9 Å². The van der Waals surface area contributed by atoms with Gasteiger partial charge in [-0.05, 0) is 3.44 Å². The molecule has 13 N–H and O–H groups in total. The van der Waals surface area contributed by atoms with Gasteiger partial charge < -0.3 is 50.2 Å². The number of hydrogen-bond acceptors (Lipinski definition) is 11. The summed E-state index contributed by atoms with van der Waals surface area (Å²) in [4.78, 5) is 37.0. The Kier molecular flexibility index (Phi) is 41.4. The van der Waals surface area contributed by atoms with Crippen molar-refractivity contribution in [3.8, 4) is 0 Å². The highest BCUT2D eigenvalue weighted by Gasteiger charge is 1.90. The van der Waals surface area contributed by atoms with E-state index in [1.165, 1.54) is 0 Å². The van der Waals surface area contributed by atoms with E-state index < -0.39 is 44.9 Å². The third-order valence-electron chi connectivity index (χ3n) is 0.698. The van der Waals surface area contributed by atoms with Crippen molar-refractivity contribution < 1.29 is 71.0 Å². The molecule has 0 saturated heterocycles. The fraction of sp³-hybridized carbons (Fsp3) is 0.500. The van der Waals surface area contributed by atoms with E-state index in [9.17, 15) is 19.2 Å². The topological polar surface area (TPSA) is 320 Å². The first-order chi connectivity index (χ1) is 10.8. The zero-order chi connectivity index (χ0) is 20.7. The maximum Gasteiger partial charge on any atom is 0.503 e. The van der Waals surface area contributed by atoms with Gasteiger partial charge in [-0.15, -0.1) is 0 Å². The standard InChI is InChI=1S/4C2H5NO2.HIO3/c4*3-1-2(4)5;2-1(3)4/h4*1,3H2,(H,4,5);2H. The number of nitrogens with two attached hydrogens (primary N) is 4. The zero-order valence-electron chi connectivity index (χ0n) is 12.2. The van der Waals surface area contributed by atoms with Crippen LogP contribution in [0.1, 0.15) is 0 Å². The Bertz CT molecular complexity index is 270. The molecule has 0 amide bonds. The molecule has 0 aromatic rings. The third-order valence-corrected chi connectivity index (χ3v) is 0.698. The summed E-state index contributed by atoms with van der Waals surface area (Å²) in [6.07, 6.45) is 0. The molecule has 0 spiro atoms. The Morgan fingerprint density at radius 2 is 0.667 bits per heavy atom. The Morgan fingerprint density at radius 1 is 0.625 bits per heavy atom. The molecule has 0 unspecified atom stereocenters. The van der Waals surface area contributed by atoms with Crippen molar-refractivity contribution in [2.75, 3.05) is 26.2 Å². The van der Waals surface area contributed by atoms with E-state index in [2.05, 4.69) is 22.9 Å². The van der Waals surface area contributed by atoms with Crippen molar-refractivity contribution in [1.82, 2.24) is 0 Å². The number of carboxylic acid groups (broad SMARTS) is 4. The first-order valence-electron chi connectivity index (χ1n) is 5.24. The maximum absolute atomic E-state index is 9.24. The van der Waals surface area contributed by atoms with Crippen LogP contribution in [0.3, 0.4) is 0 Å². The molecule has 146 valence electrons. The second kappa shape index (κ2) is 29.4. The number of rotatable bonds is 4. The van der Waals surface area contributed by atoms with Gasteiger partial charge >= 0.3 is 44.9 Å². The Hall–Kier alpha value is -1.67. The minimum Gasteiger partial charge on any atom is -0.480 e. The molecule has 0 atom stereocenters. The van der Waals surface area contributed by atoms with Gasteiger partial charge in [-0.2, -0.15) is 0 Å². The van der Waals surface area contributed by atoms with Gasteiger partial charge in [-0.1, -0.05) is 0 Å². The van der Waals surface area contributed by atoms with Crippen LogP contribution in [0.5, 0.6) is 0 Å². The molecule has 0 aliphatic rings. The molecule has 0 aliphatic heterocycles. The van der Waals surface area contributed by atoms with Gasteiger partial charge in [-0.3, -0.25) is 19.2 Å². The Morgan fingerprint density at radius 3 is 0.667 bits per heavy atom. The van der Waals surface area contributed by atoms with Crippen LogP contribution in [0.25, 0.3) is 0 Å². The summed E-state index contributed by atoms with van der Waals surface area (Å²) in [5.74, 6) is -3.87. The van der Waals surface area contributed by atoms with E-state index in [-0.39, 0.29) is 26.2 Å². The first-order valence-corrected chi connectivity index (χ1v) is 7.96. The number of carboxylic acids is 4. The zero-order valence-corrected chi connectivity index (χ0v) is 14.4. The number of aliphatic carboxylic acids is 4. The molecule has 0 aromatic heterocycles. The molecule has 0 heterocycles. The lowest BCUT2D eigenvalue weighted by molar-refractivity contribution is -1.63. The first kappa shape index (κ1) is 33.8. The molecular formula is C8H21IN4O11. The average Bonchev–Trinajstić information content (AvgIpc) is 2.48. The van der Waals surface area contributed by atoms with Gasteiger partial charge in [0.2, 0.25) is 0 Å². The molecule has 0 saturated carbocycles. The highest BCUT2D eigenvalue weighted by molar-refractivity contribution is 5.69. The molecule has 15 nitrogen and oxygen atoms in total. The van der Waals surface area contributed by atoms with Crippen LogP contribution in [0.4, 0.5) is 0 Å². The predicted octanol–water partition coefficient (Wildman–Crippen LogP) is -9.81. The number of hydrogen-bond donors (Lipinski definition) is 9. The van der Waals surface area contributed by atoms with Crippen LogP contribution in [0, 0.1) is 0 Å². The summed E-state index contributed by atoms with van der Waals surface area (Å²) in [5.41, 5.74) is 18.3. The molecule has 0 bridgehead atoms. The lowest BCUT2D eigenvalue weighted by Gasteiger charge is -1.73. The predicted molar refractivity (Wildman–Crippen MR) is 69.0 cm³/mol. The highest BCUT2D eigenvalue weighted by Crippen LogP contribution is 1.45. The molecule has 0 aromatic carbocycles. The van der Waals surface area contributed by atoms with Gasteiger partial charge in [-0.25, -0.2) is 0 Å². The van der Waals surface area contributed by atoms with Crippen molar-refractivity contribution in [3.63, 3.8) is 0 Å². The van der Waals surface area contributed by atoms with Gasteiger partial charge in [0.05, 0.1) is 26.2 Å². The fourth-order valence-corrected chi connectivity index (χ4v) is 0. The summed E-state index contributed by atoms with van der Waals surface area (Å²) in [5, 5.41) is 30.4. The monoisotopic (exact) mass is 476 g/mol. The fourth-order valence-electron chi connectivity index (χ4n) is 0. The summed E-state index contributed by atoms with van der Waals surface area (Å²) in [6, 6.07) is 0. The SMILES string of the molecule is NCC(=O)O.NCC(=O)O.NCC(=O)O.NCC(=O)O.[O-][I+2]([O-])O. The third kappa shape index (κ3) is 190. The summed E-state index contributed by atoms with van der Waals surface area (Å²) < 4.78 is 24.5. The van der Waals surface area contributed by atoms with Crippen LogP contribution >= 0.6 is 0 Å². The second-order valence-corrected chi connectivity index (χ2v) is 3.74. The van der Waals surface area contributed by atoms with E-state index >= 15 is 0 Å². The molecule has 0 aliphatic carbocycles. The van der Waals surface area contributed by atoms with Gasteiger partial charge in [0, 0.05) is 0 Å². The van der Waals surface area contributed by atoms with E-state index in [4.69, 9.17) is 30.7 Å². The van der Waals surface area contributed by atoms with Crippen molar-refractivity contribution in [1.29, 1.82) is 0 Å². The van der Waals surface area contributed by atoms with Gasteiger partial charge in [0.1, 0.15) is 0 Å². The number of carbonyl (C=O) groups is 4. The van der Waals surface area contributed by atoms with Crippen LogP contribution in [0.2, 0.25) is 0 Å². The maximum atomic E-state index is 9.24. The Labute approximate surface area is 144 Å². The summed E-state index contributed by atoms with van der Waals surface area (Å²) in [7, 11) is 0. The molecule has 0 radical (unpaired) electrons. The minimum absolute atomic E-state index is 0.278. The normalized spacial score (nSPS) is 7.67. The lowest BCUT2D eigenvalue weighted by atomic mass is 10.7. The van der Waals surface area contributed by atoms with E-state index in [0.717, 1.165) is 0 Å². The van der Waals surface area contributed by atoms with E-state index in [0.29, 0.717) is 0 Å². The van der Waals surface area contributed by atoms with Crippen LogP contribution in [-0.4, -0.2) is 73.9 Å². The van der Waals surface area contributed by atoms with E-state index in [1.807, 2.05) is 0 Å². The Balaban J connectivity index is -0.0000000628. The largest absolute Gasteiger partial charge is 0.503 e. The molecular weight excluding hydrogens is 455 g/mol. The number of halogens is 1. The van der Waals surface area contributed by atoms with Gasteiger partial charge in [0.15, 0.2) is 0 Å². The molecule has 24 heavy (non-hydrogen) atoms. The molecule has 0 fully saturated rings. The highest BCUT2D eigenvalue weighted by atomic mass is 127. The minimum atomic E-state index is -3.76. The molecule has 0 rings (SSSR count). The molecule has 16 heteroatoms. The van der Waals surface area contributed by atoms with Crippen molar-refractivity contribution in [2.45, 2.75) is 0 Å². The second-order valence-electron chi connectivity index (χ2n) is 2.59. The average molecular weight is 476 g/mol. The van der Waals surface area contributed by atoms with Crippen LogP contribution in [0.15, 0.2) is 0 Å². The van der Waals surface area contributed by atoms with E-state index in [1.54, 1.807) is 0 Å². The van der Waals surface area contributed by atoms with Crippen LogP contribution < -0.4 is 50.9 Å².